The van der Waals surface area contributed by atoms with Gasteiger partial charge in [0.15, 0.2) is 14.4 Å². The number of carbonyl (C=O) groups is 1. The molecule has 104 valence electrons. The Bertz CT molecular complexity index is 326. The lowest BCUT2D eigenvalue weighted by atomic mass is 10.2. The molecule has 2 atom stereocenters. The zero-order valence-electron chi connectivity index (χ0n) is 12.3. The highest BCUT2D eigenvalue weighted by Crippen LogP contribution is 2.11. The molecule has 0 aromatic carbocycles. The average Bonchev–Trinajstić information content (AvgIpc) is 2.08. The summed E-state index contributed by atoms with van der Waals surface area (Å²) in [5.41, 5.74) is -0.550. The van der Waals surface area contributed by atoms with Crippen molar-refractivity contribution in [2.75, 3.05) is 0 Å². The monoisotopic (exact) mass is 272 g/mol. The van der Waals surface area contributed by atoms with E-state index in [-0.39, 0.29) is 0 Å². The molecular weight excluding hydrogens is 248 g/mol. The minimum atomic E-state index is -1.82. The quantitative estimate of drug-likeness (QED) is 0.799. The van der Waals surface area contributed by atoms with Crippen LogP contribution in [0.4, 0.5) is 4.79 Å². The largest absolute Gasteiger partial charge is 0.444 e. The molecule has 18 heavy (non-hydrogen) atoms. The molecule has 0 aliphatic heterocycles. The van der Waals surface area contributed by atoms with Crippen molar-refractivity contribution in [3.05, 3.63) is 0 Å². The van der Waals surface area contributed by atoms with Gasteiger partial charge in [-0.05, 0) is 47.3 Å². The molecule has 0 aliphatic rings. The molecule has 5 nitrogen and oxygen atoms in total. The van der Waals surface area contributed by atoms with Crippen molar-refractivity contribution in [3.63, 3.8) is 0 Å². The number of hydrogen-bond acceptors (Lipinski definition) is 4. The number of alkyl carbamates (subject to hydrolysis) is 1. The maximum absolute atomic E-state index is 11.6. The van der Waals surface area contributed by atoms with Crippen LogP contribution in [0.3, 0.4) is 0 Å². The summed E-state index contributed by atoms with van der Waals surface area (Å²) in [7, 11) is -1.82. The normalized spacial score (nSPS) is 15.4. The SMILES string of the molecule is CC(NC(=O)OC(C)(C)C)C(C#N)O[Si](C)(C)C. The van der Waals surface area contributed by atoms with Gasteiger partial charge in [-0.2, -0.15) is 5.26 Å². The van der Waals surface area contributed by atoms with Gasteiger partial charge in [0.25, 0.3) is 0 Å². The van der Waals surface area contributed by atoms with Gasteiger partial charge in [-0.15, -0.1) is 0 Å². The van der Waals surface area contributed by atoms with E-state index in [0.717, 1.165) is 0 Å². The van der Waals surface area contributed by atoms with E-state index in [4.69, 9.17) is 14.4 Å². The molecule has 0 aliphatic carbocycles. The summed E-state index contributed by atoms with van der Waals surface area (Å²) in [6, 6.07) is 1.66. The van der Waals surface area contributed by atoms with E-state index in [1.54, 1.807) is 27.7 Å². The lowest BCUT2D eigenvalue weighted by Gasteiger charge is -2.27. The van der Waals surface area contributed by atoms with E-state index in [0.29, 0.717) is 0 Å². The molecular formula is C12H24N2O3Si. The van der Waals surface area contributed by atoms with Crippen LogP contribution in [0.15, 0.2) is 0 Å². The molecule has 0 radical (unpaired) electrons. The van der Waals surface area contributed by atoms with Crippen LogP contribution in [0.2, 0.25) is 19.6 Å². The highest BCUT2D eigenvalue weighted by atomic mass is 28.4. The van der Waals surface area contributed by atoms with Gasteiger partial charge in [-0.1, -0.05) is 0 Å². The number of nitriles is 1. The second kappa shape index (κ2) is 6.21. The first-order valence-electron chi connectivity index (χ1n) is 6.01. The lowest BCUT2D eigenvalue weighted by Crippen LogP contribution is -2.47. The molecule has 0 saturated heterocycles. The Kier molecular flexibility index (Phi) is 5.84. The molecule has 1 amide bonds. The van der Waals surface area contributed by atoms with Crippen LogP contribution in [0.5, 0.6) is 0 Å². The van der Waals surface area contributed by atoms with Gasteiger partial charge in [0.05, 0.1) is 12.1 Å². The fourth-order valence-electron chi connectivity index (χ4n) is 1.19. The van der Waals surface area contributed by atoms with Gasteiger partial charge in [-0.3, -0.25) is 0 Å². The first kappa shape index (κ1) is 16.9. The van der Waals surface area contributed by atoms with Crippen LogP contribution in [0.1, 0.15) is 27.7 Å². The Hall–Kier alpha value is -1.06. The first-order chi connectivity index (χ1) is 7.94. The molecule has 1 N–H and O–H groups in total. The van der Waals surface area contributed by atoms with Crippen LogP contribution in [0, 0.1) is 11.3 Å². The topological polar surface area (TPSA) is 71.3 Å². The third-order valence-corrected chi connectivity index (χ3v) is 2.77. The Morgan fingerprint density at radius 2 is 1.83 bits per heavy atom. The third kappa shape index (κ3) is 8.09. The van der Waals surface area contributed by atoms with Crippen molar-refractivity contribution in [2.24, 2.45) is 0 Å². The summed E-state index contributed by atoms with van der Waals surface area (Å²) in [4.78, 5) is 11.6. The van der Waals surface area contributed by atoms with Crippen LogP contribution in [-0.2, 0) is 9.16 Å². The van der Waals surface area contributed by atoms with E-state index in [2.05, 4.69) is 11.4 Å². The summed E-state index contributed by atoms with van der Waals surface area (Å²) in [5, 5.41) is 11.7. The predicted octanol–water partition coefficient (Wildman–Crippen LogP) is 2.64. The summed E-state index contributed by atoms with van der Waals surface area (Å²) in [6.07, 6.45) is -1.18. The highest BCUT2D eigenvalue weighted by molar-refractivity contribution is 6.69. The number of nitrogens with one attached hydrogen (secondary N) is 1. The molecule has 0 aromatic heterocycles. The van der Waals surface area contributed by atoms with Gasteiger partial charge in [0.2, 0.25) is 0 Å². The van der Waals surface area contributed by atoms with Gasteiger partial charge < -0.3 is 14.5 Å². The van der Waals surface area contributed by atoms with E-state index in [1.165, 1.54) is 0 Å². The van der Waals surface area contributed by atoms with E-state index in [1.807, 2.05) is 19.6 Å². The Labute approximate surface area is 111 Å². The van der Waals surface area contributed by atoms with Crippen LogP contribution < -0.4 is 5.32 Å². The standard InChI is InChI=1S/C12H24N2O3Si/c1-9(10(8-13)17-18(5,6)7)14-11(15)16-12(2,3)4/h9-10H,1-7H3,(H,14,15). The molecule has 0 rings (SSSR count). The summed E-state index contributed by atoms with van der Waals surface area (Å²) in [6.45, 7) is 13.1. The van der Waals surface area contributed by atoms with Gasteiger partial charge >= 0.3 is 6.09 Å². The predicted molar refractivity (Wildman–Crippen MR) is 72.7 cm³/mol. The summed E-state index contributed by atoms with van der Waals surface area (Å²) in [5.74, 6) is 0. The molecule has 0 spiro atoms. The van der Waals surface area contributed by atoms with Crippen LogP contribution >= 0.6 is 0 Å². The molecule has 0 heterocycles. The minimum absolute atomic E-state index is 0.406. The summed E-state index contributed by atoms with van der Waals surface area (Å²) >= 11 is 0. The average molecular weight is 272 g/mol. The van der Waals surface area contributed by atoms with Crippen molar-refractivity contribution in [3.8, 4) is 6.07 Å². The second-order valence-electron chi connectivity index (χ2n) is 6.21. The molecule has 0 saturated carbocycles. The van der Waals surface area contributed by atoms with E-state index < -0.39 is 32.2 Å². The zero-order chi connectivity index (χ0) is 14.6. The number of ether oxygens (including phenoxy) is 1. The molecule has 6 heteroatoms. The minimum Gasteiger partial charge on any atom is -0.444 e. The van der Waals surface area contributed by atoms with Gasteiger partial charge in [-0.25, -0.2) is 4.79 Å². The van der Waals surface area contributed by atoms with Crippen molar-refractivity contribution in [2.45, 2.75) is 65.1 Å². The van der Waals surface area contributed by atoms with Crippen LogP contribution in [0.25, 0.3) is 0 Å². The number of amides is 1. The highest BCUT2D eigenvalue weighted by Gasteiger charge is 2.27. The fourth-order valence-corrected chi connectivity index (χ4v) is 2.21. The Balaban J connectivity index is 4.42. The third-order valence-electron chi connectivity index (χ3n) is 1.81. The van der Waals surface area contributed by atoms with Crippen LogP contribution in [-0.4, -0.2) is 32.2 Å². The smallest absolute Gasteiger partial charge is 0.407 e. The second-order valence-corrected chi connectivity index (χ2v) is 10.7. The molecule has 0 bridgehead atoms. The first-order valence-corrected chi connectivity index (χ1v) is 9.42. The maximum atomic E-state index is 11.6. The van der Waals surface area contributed by atoms with E-state index >= 15 is 0 Å². The lowest BCUT2D eigenvalue weighted by molar-refractivity contribution is 0.0475. The van der Waals surface area contributed by atoms with Crippen molar-refractivity contribution in [1.29, 1.82) is 5.26 Å². The fraction of sp³-hybridized carbons (Fsp3) is 0.833. The molecule has 2 unspecified atom stereocenters. The Morgan fingerprint density at radius 1 is 1.33 bits per heavy atom. The molecule has 0 fully saturated rings. The number of nitrogens with zero attached hydrogens (tertiary/aromatic N) is 1. The van der Waals surface area contributed by atoms with Crippen molar-refractivity contribution in [1.82, 2.24) is 5.32 Å². The molecule has 0 aromatic rings. The maximum Gasteiger partial charge on any atom is 0.407 e. The number of carbonyl (C=O) groups excluding carboxylic acids is 1. The summed E-state index contributed by atoms with van der Waals surface area (Å²) < 4.78 is 10.8. The van der Waals surface area contributed by atoms with Crippen molar-refractivity contribution < 1.29 is 14.0 Å². The van der Waals surface area contributed by atoms with Gasteiger partial charge in [0.1, 0.15) is 5.60 Å². The van der Waals surface area contributed by atoms with Crippen molar-refractivity contribution >= 4 is 14.4 Å². The van der Waals surface area contributed by atoms with Gasteiger partial charge in [0, 0.05) is 0 Å². The number of rotatable bonds is 4. The zero-order valence-corrected chi connectivity index (χ0v) is 13.3. The number of hydrogen-bond donors (Lipinski definition) is 1. The Morgan fingerprint density at radius 3 is 2.17 bits per heavy atom. The van der Waals surface area contributed by atoms with E-state index in [9.17, 15) is 4.79 Å².